The largest absolute Gasteiger partial charge is 0.461 e. The van der Waals surface area contributed by atoms with E-state index in [9.17, 15) is 14.4 Å². The van der Waals surface area contributed by atoms with Crippen LogP contribution in [0.25, 0.3) is 11.2 Å². The van der Waals surface area contributed by atoms with Gasteiger partial charge in [0, 0.05) is 14.1 Å². The third kappa shape index (κ3) is 2.58. The van der Waals surface area contributed by atoms with Gasteiger partial charge < -0.3 is 9.30 Å². The minimum atomic E-state index is -0.470. The molecule has 1 saturated carbocycles. The highest BCUT2D eigenvalue weighted by Gasteiger charge is 2.27. The Labute approximate surface area is 132 Å². The first-order valence-electron chi connectivity index (χ1n) is 7.70. The molecule has 1 fully saturated rings. The highest BCUT2D eigenvalue weighted by Crippen LogP contribution is 2.27. The standard InChI is InChI=1S/C15H20N4O4/c1-9-5-4-6-10(9)23-11(20)7-19-8-16-13-12(19)14(21)18(3)15(22)17(13)2/h8-10H,4-7H2,1-3H3. The summed E-state index contributed by atoms with van der Waals surface area (Å²) < 4.78 is 9.24. The van der Waals surface area contributed by atoms with Crippen molar-refractivity contribution in [2.24, 2.45) is 20.0 Å². The molecule has 3 rings (SSSR count). The number of imidazole rings is 1. The van der Waals surface area contributed by atoms with Crippen LogP contribution < -0.4 is 11.2 Å². The van der Waals surface area contributed by atoms with E-state index in [0.717, 1.165) is 23.8 Å². The van der Waals surface area contributed by atoms with Gasteiger partial charge in [-0.15, -0.1) is 0 Å². The van der Waals surface area contributed by atoms with Crippen LogP contribution in [0.15, 0.2) is 15.9 Å². The minimum absolute atomic E-state index is 0.0514. The Morgan fingerprint density at radius 3 is 2.70 bits per heavy atom. The number of aryl methyl sites for hydroxylation is 1. The molecule has 2 unspecified atom stereocenters. The van der Waals surface area contributed by atoms with Gasteiger partial charge in [-0.3, -0.25) is 18.7 Å². The molecule has 2 atom stereocenters. The van der Waals surface area contributed by atoms with Gasteiger partial charge in [-0.05, 0) is 25.2 Å². The third-order valence-electron chi connectivity index (χ3n) is 4.58. The number of fused-ring (bicyclic) bond motifs is 1. The van der Waals surface area contributed by atoms with E-state index in [1.54, 1.807) is 7.05 Å². The lowest BCUT2D eigenvalue weighted by molar-refractivity contribution is -0.151. The predicted octanol–water partition coefficient (Wildman–Crippen LogP) is 0.166. The van der Waals surface area contributed by atoms with Crippen molar-refractivity contribution in [3.8, 4) is 0 Å². The molecule has 0 bridgehead atoms. The maximum absolute atomic E-state index is 12.3. The fourth-order valence-corrected chi connectivity index (χ4v) is 3.15. The molecule has 0 saturated heterocycles. The molecule has 2 heterocycles. The Balaban J connectivity index is 1.91. The quantitative estimate of drug-likeness (QED) is 0.752. The SMILES string of the molecule is CC1CCCC1OC(=O)Cn1cnc2c1c(=O)n(C)c(=O)n2C. The van der Waals surface area contributed by atoms with Crippen LogP contribution in [-0.2, 0) is 30.2 Å². The average molecular weight is 320 g/mol. The molecular weight excluding hydrogens is 300 g/mol. The summed E-state index contributed by atoms with van der Waals surface area (Å²) in [5.41, 5.74) is -0.427. The topological polar surface area (TPSA) is 88.1 Å². The zero-order chi connectivity index (χ0) is 16.7. The molecule has 0 radical (unpaired) electrons. The molecule has 2 aromatic heterocycles. The summed E-state index contributed by atoms with van der Waals surface area (Å²) >= 11 is 0. The zero-order valence-corrected chi connectivity index (χ0v) is 13.5. The number of hydrogen-bond donors (Lipinski definition) is 0. The van der Waals surface area contributed by atoms with E-state index in [4.69, 9.17) is 4.74 Å². The zero-order valence-electron chi connectivity index (χ0n) is 13.5. The minimum Gasteiger partial charge on any atom is -0.461 e. The number of carbonyl (C=O) groups is 1. The Bertz CT molecular complexity index is 876. The lowest BCUT2D eigenvalue weighted by Crippen LogP contribution is -2.37. The number of rotatable bonds is 3. The van der Waals surface area contributed by atoms with Gasteiger partial charge >= 0.3 is 11.7 Å². The lowest BCUT2D eigenvalue weighted by atomic mass is 10.1. The molecule has 124 valence electrons. The molecule has 0 aromatic carbocycles. The first-order chi connectivity index (χ1) is 10.9. The maximum atomic E-state index is 12.3. The highest BCUT2D eigenvalue weighted by molar-refractivity contribution is 5.75. The normalized spacial score (nSPS) is 21.0. The second kappa shape index (κ2) is 5.68. The summed E-state index contributed by atoms with van der Waals surface area (Å²) in [6, 6.07) is 0. The molecule has 8 heteroatoms. The molecule has 1 aliphatic rings. The maximum Gasteiger partial charge on any atom is 0.332 e. The van der Waals surface area contributed by atoms with Crippen LogP contribution in [-0.4, -0.2) is 30.8 Å². The van der Waals surface area contributed by atoms with E-state index in [1.165, 1.54) is 22.5 Å². The number of esters is 1. The van der Waals surface area contributed by atoms with E-state index in [-0.39, 0.29) is 29.8 Å². The van der Waals surface area contributed by atoms with Gasteiger partial charge in [0.2, 0.25) is 0 Å². The van der Waals surface area contributed by atoms with Crippen molar-refractivity contribution in [2.75, 3.05) is 0 Å². The molecule has 0 amide bonds. The Kier molecular flexibility index (Phi) is 3.83. The summed E-state index contributed by atoms with van der Waals surface area (Å²) in [6.45, 7) is 1.98. The molecule has 0 spiro atoms. The van der Waals surface area contributed by atoms with Crippen LogP contribution in [0.1, 0.15) is 26.2 Å². The number of carbonyl (C=O) groups excluding carboxylic acids is 1. The van der Waals surface area contributed by atoms with Crippen LogP contribution in [0.4, 0.5) is 0 Å². The van der Waals surface area contributed by atoms with Crippen molar-refractivity contribution in [1.82, 2.24) is 18.7 Å². The number of hydrogen-bond acceptors (Lipinski definition) is 5. The summed E-state index contributed by atoms with van der Waals surface area (Å²) in [4.78, 5) is 40.4. The predicted molar refractivity (Wildman–Crippen MR) is 83.1 cm³/mol. The molecule has 23 heavy (non-hydrogen) atoms. The Morgan fingerprint density at radius 1 is 1.30 bits per heavy atom. The van der Waals surface area contributed by atoms with Crippen molar-refractivity contribution < 1.29 is 9.53 Å². The van der Waals surface area contributed by atoms with Gasteiger partial charge in [-0.25, -0.2) is 9.78 Å². The fraction of sp³-hybridized carbons (Fsp3) is 0.600. The third-order valence-corrected chi connectivity index (χ3v) is 4.58. The van der Waals surface area contributed by atoms with E-state index in [0.29, 0.717) is 5.92 Å². The monoisotopic (exact) mass is 320 g/mol. The van der Waals surface area contributed by atoms with Gasteiger partial charge in [0.1, 0.15) is 12.6 Å². The highest BCUT2D eigenvalue weighted by atomic mass is 16.5. The van der Waals surface area contributed by atoms with E-state index in [2.05, 4.69) is 11.9 Å². The fourth-order valence-electron chi connectivity index (χ4n) is 3.15. The summed E-state index contributed by atoms with van der Waals surface area (Å²) in [6.07, 6.45) is 4.35. The first kappa shape index (κ1) is 15.5. The summed E-state index contributed by atoms with van der Waals surface area (Å²) in [5.74, 6) is -0.0221. The number of aromatic nitrogens is 4. The second-order valence-electron chi connectivity index (χ2n) is 6.19. The molecule has 2 aromatic rings. The van der Waals surface area contributed by atoms with Crippen molar-refractivity contribution in [1.29, 1.82) is 0 Å². The van der Waals surface area contributed by atoms with Gasteiger partial charge in [0.25, 0.3) is 5.56 Å². The number of ether oxygens (including phenoxy) is 1. The van der Waals surface area contributed by atoms with Crippen LogP contribution in [0, 0.1) is 5.92 Å². The summed E-state index contributed by atoms with van der Waals surface area (Å²) in [5, 5.41) is 0. The average Bonchev–Trinajstić information content (AvgIpc) is 3.10. The van der Waals surface area contributed by atoms with Crippen molar-refractivity contribution in [3.63, 3.8) is 0 Å². The van der Waals surface area contributed by atoms with Gasteiger partial charge in [0.15, 0.2) is 11.2 Å². The number of nitrogens with zero attached hydrogens (tertiary/aromatic N) is 4. The lowest BCUT2D eigenvalue weighted by Gasteiger charge is -2.16. The molecular formula is C15H20N4O4. The summed E-state index contributed by atoms with van der Waals surface area (Å²) in [7, 11) is 2.94. The van der Waals surface area contributed by atoms with Crippen LogP contribution >= 0.6 is 0 Å². The second-order valence-corrected chi connectivity index (χ2v) is 6.19. The van der Waals surface area contributed by atoms with E-state index >= 15 is 0 Å². The van der Waals surface area contributed by atoms with Crippen molar-refractivity contribution in [3.05, 3.63) is 27.2 Å². The molecule has 8 nitrogen and oxygen atoms in total. The molecule has 0 aliphatic heterocycles. The van der Waals surface area contributed by atoms with Crippen LogP contribution in [0.5, 0.6) is 0 Å². The van der Waals surface area contributed by atoms with Gasteiger partial charge in [-0.2, -0.15) is 0 Å². The Hall–Kier alpha value is -2.38. The van der Waals surface area contributed by atoms with Gasteiger partial charge in [-0.1, -0.05) is 6.92 Å². The van der Waals surface area contributed by atoms with E-state index < -0.39 is 11.2 Å². The van der Waals surface area contributed by atoms with Crippen molar-refractivity contribution >= 4 is 17.1 Å². The molecule has 0 N–H and O–H groups in total. The smallest absolute Gasteiger partial charge is 0.332 e. The van der Waals surface area contributed by atoms with E-state index in [1.807, 2.05) is 0 Å². The van der Waals surface area contributed by atoms with Crippen LogP contribution in [0.2, 0.25) is 0 Å². The van der Waals surface area contributed by atoms with Gasteiger partial charge in [0.05, 0.1) is 6.33 Å². The van der Waals surface area contributed by atoms with Crippen molar-refractivity contribution in [2.45, 2.75) is 38.8 Å². The molecule has 1 aliphatic carbocycles. The first-order valence-corrected chi connectivity index (χ1v) is 7.70. The Morgan fingerprint density at radius 2 is 2.04 bits per heavy atom. The van der Waals surface area contributed by atoms with Crippen LogP contribution in [0.3, 0.4) is 0 Å².